The molecule has 1 aromatic heterocycles. The van der Waals surface area contributed by atoms with E-state index in [1.165, 1.54) is 12.1 Å². The van der Waals surface area contributed by atoms with Crippen LogP contribution in [0, 0.1) is 5.82 Å². The van der Waals surface area contributed by atoms with Crippen LogP contribution in [-0.2, 0) is 6.18 Å². The first-order chi connectivity index (χ1) is 7.88. The zero-order valence-electron chi connectivity index (χ0n) is 8.05. The molecule has 2 nitrogen and oxygen atoms in total. The number of hydrogen-bond donors (Lipinski definition) is 0. The van der Waals surface area contributed by atoms with Crippen molar-refractivity contribution in [2.24, 2.45) is 0 Å². The van der Waals surface area contributed by atoms with Crippen LogP contribution in [0.1, 0.15) is 5.69 Å². The van der Waals surface area contributed by atoms with Gasteiger partial charge in [0.25, 0.3) is 0 Å². The third-order valence-corrected chi connectivity index (χ3v) is 2.49. The molecule has 0 radical (unpaired) electrons. The van der Waals surface area contributed by atoms with Crippen molar-refractivity contribution >= 4 is 15.9 Å². The first-order valence-electron chi connectivity index (χ1n) is 4.37. The number of halogens is 5. The molecule has 0 saturated heterocycles. The number of hydrogen-bond acceptors (Lipinski definition) is 2. The molecule has 7 heteroatoms. The van der Waals surface area contributed by atoms with Gasteiger partial charge in [0, 0.05) is 10.5 Å². The standard InChI is InChI=1S/C10H4BrF4NO/c11-5-1-2-7(12)6(3-5)8-4-9(16-17-8)10(13,14)15/h1-4H. The normalized spacial score (nSPS) is 11.8. The van der Waals surface area contributed by atoms with Crippen LogP contribution >= 0.6 is 15.9 Å². The van der Waals surface area contributed by atoms with Gasteiger partial charge in [0.15, 0.2) is 11.5 Å². The highest BCUT2D eigenvalue weighted by molar-refractivity contribution is 9.10. The van der Waals surface area contributed by atoms with E-state index in [1.54, 1.807) is 0 Å². The molecule has 90 valence electrons. The molecular formula is C10H4BrF4NO. The van der Waals surface area contributed by atoms with Crippen LogP contribution in [0.15, 0.2) is 33.3 Å². The second-order valence-corrected chi connectivity index (χ2v) is 4.11. The molecule has 0 saturated carbocycles. The summed E-state index contributed by atoms with van der Waals surface area (Å²) in [5.74, 6) is -0.950. The van der Waals surface area contributed by atoms with Gasteiger partial charge in [-0.05, 0) is 18.2 Å². The lowest BCUT2D eigenvalue weighted by atomic mass is 10.1. The number of rotatable bonds is 1. The first kappa shape index (κ1) is 12.1. The molecule has 2 rings (SSSR count). The molecule has 0 unspecified atom stereocenters. The topological polar surface area (TPSA) is 26.0 Å². The summed E-state index contributed by atoms with van der Waals surface area (Å²) in [7, 11) is 0. The summed E-state index contributed by atoms with van der Waals surface area (Å²) in [5, 5.41) is 2.85. The van der Waals surface area contributed by atoms with Gasteiger partial charge in [0.05, 0.1) is 5.56 Å². The Balaban J connectivity index is 2.47. The van der Waals surface area contributed by atoms with Crippen LogP contribution < -0.4 is 0 Å². The Morgan fingerprint density at radius 3 is 2.47 bits per heavy atom. The van der Waals surface area contributed by atoms with Gasteiger partial charge in [-0.1, -0.05) is 21.1 Å². The highest BCUT2D eigenvalue weighted by Gasteiger charge is 2.35. The van der Waals surface area contributed by atoms with Crippen molar-refractivity contribution in [3.05, 3.63) is 40.2 Å². The number of benzene rings is 1. The Morgan fingerprint density at radius 2 is 1.88 bits per heavy atom. The lowest BCUT2D eigenvalue weighted by Crippen LogP contribution is -2.04. The summed E-state index contributed by atoms with van der Waals surface area (Å²) < 4.78 is 55.2. The summed E-state index contributed by atoms with van der Waals surface area (Å²) in [6.45, 7) is 0. The molecule has 2 aromatic rings. The van der Waals surface area contributed by atoms with Gasteiger partial charge in [-0.2, -0.15) is 13.2 Å². The fourth-order valence-electron chi connectivity index (χ4n) is 1.22. The number of nitrogens with zero attached hydrogens (tertiary/aromatic N) is 1. The molecule has 0 fully saturated rings. The van der Waals surface area contributed by atoms with Crippen LogP contribution in [0.3, 0.4) is 0 Å². The van der Waals surface area contributed by atoms with E-state index in [2.05, 4.69) is 25.6 Å². The van der Waals surface area contributed by atoms with E-state index in [0.717, 1.165) is 6.07 Å². The third kappa shape index (κ3) is 2.49. The Hall–Kier alpha value is -1.37. The SMILES string of the molecule is Fc1ccc(Br)cc1-c1cc(C(F)(F)F)no1. The van der Waals surface area contributed by atoms with E-state index in [1.807, 2.05) is 0 Å². The van der Waals surface area contributed by atoms with Crippen LogP contribution in [0.5, 0.6) is 0 Å². The molecule has 0 atom stereocenters. The van der Waals surface area contributed by atoms with Gasteiger partial charge in [-0.25, -0.2) is 4.39 Å². The highest BCUT2D eigenvalue weighted by atomic mass is 79.9. The molecule has 17 heavy (non-hydrogen) atoms. The zero-order chi connectivity index (χ0) is 12.6. The molecule has 0 aliphatic heterocycles. The van der Waals surface area contributed by atoms with E-state index >= 15 is 0 Å². The summed E-state index contributed by atoms with van der Waals surface area (Å²) in [4.78, 5) is 0. The van der Waals surface area contributed by atoms with Gasteiger partial charge in [-0.3, -0.25) is 0 Å². The maximum absolute atomic E-state index is 13.4. The van der Waals surface area contributed by atoms with Crippen molar-refractivity contribution in [2.75, 3.05) is 0 Å². The van der Waals surface area contributed by atoms with Crippen molar-refractivity contribution in [3.63, 3.8) is 0 Å². The van der Waals surface area contributed by atoms with Gasteiger partial charge in [0.2, 0.25) is 0 Å². The molecule has 0 aliphatic carbocycles. The quantitative estimate of drug-likeness (QED) is 0.736. The Morgan fingerprint density at radius 1 is 1.18 bits per heavy atom. The molecule has 0 bridgehead atoms. The first-order valence-corrected chi connectivity index (χ1v) is 5.16. The predicted molar refractivity (Wildman–Crippen MR) is 54.6 cm³/mol. The summed E-state index contributed by atoms with van der Waals surface area (Å²) in [6.07, 6.45) is -4.61. The minimum Gasteiger partial charge on any atom is -0.356 e. The second-order valence-electron chi connectivity index (χ2n) is 3.20. The average molecular weight is 310 g/mol. The van der Waals surface area contributed by atoms with E-state index in [-0.39, 0.29) is 11.3 Å². The Bertz CT molecular complexity index is 549. The van der Waals surface area contributed by atoms with E-state index in [4.69, 9.17) is 0 Å². The largest absolute Gasteiger partial charge is 0.436 e. The monoisotopic (exact) mass is 309 g/mol. The Kier molecular flexibility index (Phi) is 2.94. The lowest BCUT2D eigenvalue weighted by molar-refractivity contribution is -0.142. The third-order valence-electron chi connectivity index (χ3n) is 1.99. The fraction of sp³-hybridized carbons (Fsp3) is 0.100. The highest BCUT2D eigenvalue weighted by Crippen LogP contribution is 2.33. The van der Waals surface area contributed by atoms with Gasteiger partial charge >= 0.3 is 6.18 Å². The van der Waals surface area contributed by atoms with Crippen LogP contribution in [0.4, 0.5) is 17.6 Å². The maximum Gasteiger partial charge on any atom is 0.436 e. The zero-order valence-corrected chi connectivity index (χ0v) is 9.64. The second kappa shape index (κ2) is 4.14. The van der Waals surface area contributed by atoms with Crippen molar-refractivity contribution < 1.29 is 22.1 Å². The minimum atomic E-state index is -4.61. The molecule has 1 aromatic carbocycles. The number of alkyl halides is 3. The van der Waals surface area contributed by atoms with Crippen molar-refractivity contribution in [1.82, 2.24) is 5.16 Å². The van der Waals surface area contributed by atoms with Gasteiger partial charge < -0.3 is 4.52 Å². The molecule has 1 heterocycles. The molecule has 0 aliphatic rings. The van der Waals surface area contributed by atoms with Crippen LogP contribution in [0.2, 0.25) is 0 Å². The summed E-state index contributed by atoms with van der Waals surface area (Å²) >= 11 is 3.09. The maximum atomic E-state index is 13.4. The van der Waals surface area contributed by atoms with Gasteiger partial charge in [-0.15, -0.1) is 0 Å². The summed E-state index contributed by atoms with van der Waals surface area (Å²) in [6, 6.07) is 4.52. The predicted octanol–water partition coefficient (Wildman–Crippen LogP) is 4.26. The van der Waals surface area contributed by atoms with Crippen molar-refractivity contribution in [2.45, 2.75) is 6.18 Å². The Labute approximate surface area is 101 Å². The van der Waals surface area contributed by atoms with Gasteiger partial charge in [0.1, 0.15) is 5.82 Å². The molecular weight excluding hydrogens is 306 g/mol. The van der Waals surface area contributed by atoms with Crippen molar-refractivity contribution in [3.8, 4) is 11.3 Å². The van der Waals surface area contributed by atoms with E-state index in [9.17, 15) is 17.6 Å². The molecule has 0 spiro atoms. The van der Waals surface area contributed by atoms with Crippen LogP contribution in [0.25, 0.3) is 11.3 Å². The smallest absolute Gasteiger partial charge is 0.356 e. The fourth-order valence-corrected chi connectivity index (χ4v) is 1.58. The molecule has 0 amide bonds. The number of aromatic nitrogens is 1. The lowest BCUT2D eigenvalue weighted by Gasteiger charge is -1.99. The average Bonchev–Trinajstić information content (AvgIpc) is 2.70. The van der Waals surface area contributed by atoms with E-state index < -0.39 is 17.7 Å². The minimum absolute atomic E-state index is 0.0811. The van der Waals surface area contributed by atoms with E-state index in [0.29, 0.717) is 10.5 Å². The summed E-state index contributed by atoms with van der Waals surface area (Å²) in [5.41, 5.74) is -1.27. The van der Waals surface area contributed by atoms with Crippen LogP contribution in [-0.4, -0.2) is 5.16 Å². The van der Waals surface area contributed by atoms with Crippen molar-refractivity contribution in [1.29, 1.82) is 0 Å². The molecule has 0 N–H and O–H groups in total.